The molecule has 0 aromatic rings. The molecule has 0 saturated heterocycles. The van der Waals surface area contributed by atoms with Gasteiger partial charge in [-0.15, -0.1) is 0 Å². The van der Waals surface area contributed by atoms with Gasteiger partial charge < -0.3 is 0 Å². The maximum Gasteiger partial charge on any atom is 0 e. The first-order chi connectivity index (χ1) is 5.91. The SMILES string of the molecule is CCCCCCCCCCCC.[Ag]. The summed E-state index contributed by atoms with van der Waals surface area (Å²) in [4.78, 5) is 0. The molecule has 0 aromatic heterocycles. The molecule has 0 aromatic carbocycles. The Kier molecular flexibility index (Phi) is 18.9. The monoisotopic (exact) mass is 277 g/mol. The van der Waals surface area contributed by atoms with Gasteiger partial charge in [0.1, 0.15) is 0 Å². The Hall–Kier alpha value is 0.740. The number of hydrogen-bond acceptors (Lipinski definition) is 0. The minimum Gasteiger partial charge on any atom is -0.0654 e. The molecule has 0 saturated carbocycles. The molecule has 0 aliphatic rings. The van der Waals surface area contributed by atoms with E-state index in [-0.39, 0.29) is 22.4 Å². The predicted molar refractivity (Wildman–Crippen MR) is 57.5 cm³/mol. The van der Waals surface area contributed by atoms with Crippen LogP contribution in [0.1, 0.15) is 78.1 Å². The molecule has 0 amide bonds. The molecule has 0 N–H and O–H groups in total. The topological polar surface area (TPSA) is 0 Å². The van der Waals surface area contributed by atoms with Crippen LogP contribution in [0.3, 0.4) is 0 Å². The summed E-state index contributed by atoms with van der Waals surface area (Å²) in [6, 6.07) is 0. The van der Waals surface area contributed by atoms with Crippen molar-refractivity contribution >= 4 is 0 Å². The molecule has 0 nitrogen and oxygen atoms in total. The number of hydrogen-bond donors (Lipinski definition) is 0. The average molecular weight is 278 g/mol. The van der Waals surface area contributed by atoms with Gasteiger partial charge in [0.05, 0.1) is 0 Å². The van der Waals surface area contributed by atoms with Crippen LogP contribution < -0.4 is 0 Å². The first-order valence-corrected chi connectivity index (χ1v) is 5.91. The van der Waals surface area contributed by atoms with E-state index in [9.17, 15) is 0 Å². The van der Waals surface area contributed by atoms with Crippen molar-refractivity contribution in [3.05, 3.63) is 0 Å². The van der Waals surface area contributed by atoms with E-state index in [0.717, 1.165) is 0 Å². The quantitative estimate of drug-likeness (QED) is 0.414. The summed E-state index contributed by atoms with van der Waals surface area (Å²) >= 11 is 0. The zero-order chi connectivity index (χ0) is 9.07. The van der Waals surface area contributed by atoms with E-state index < -0.39 is 0 Å². The molecule has 0 atom stereocenters. The van der Waals surface area contributed by atoms with Gasteiger partial charge in [-0.3, -0.25) is 0 Å². The van der Waals surface area contributed by atoms with Crippen LogP contribution in [-0.2, 0) is 22.4 Å². The summed E-state index contributed by atoms with van der Waals surface area (Å²) in [6.07, 6.45) is 14.4. The van der Waals surface area contributed by atoms with Crippen molar-refractivity contribution in [1.29, 1.82) is 0 Å². The molecule has 13 heavy (non-hydrogen) atoms. The van der Waals surface area contributed by atoms with Crippen LogP contribution in [0.5, 0.6) is 0 Å². The van der Waals surface area contributed by atoms with Crippen LogP contribution in [-0.4, -0.2) is 0 Å². The Balaban J connectivity index is 0. The third-order valence-corrected chi connectivity index (χ3v) is 2.46. The van der Waals surface area contributed by atoms with Gasteiger partial charge in [0, 0.05) is 22.4 Å². The maximum atomic E-state index is 2.28. The summed E-state index contributed by atoms with van der Waals surface area (Å²) in [5, 5.41) is 0. The third-order valence-electron chi connectivity index (χ3n) is 2.46. The van der Waals surface area contributed by atoms with E-state index in [1.165, 1.54) is 64.2 Å². The zero-order valence-corrected chi connectivity index (χ0v) is 10.9. The molecule has 0 bridgehead atoms. The van der Waals surface area contributed by atoms with Crippen molar-refractivity contribution in [3.8, 4) is 0 Å². The molecule has 1 heteroatoms. The molecule has 1 radical (unpaired) electrons. The fraction of sp³-hybridized carbons (Fsp3) is 1.00. The first kappa shape index (κ1) is 16.2. The van der Waals surface area contributed by atoms with Gasteiger partial charge in [0.25, 0.3) is 0 Å². The summed E-state index contributed by atoms with van der Waals surface area (Å²) in [7, 11) is 0. The standard InChI is InChI=1S/C12H26.Ag/c1-3-5-7-9-11-12-10-8-6-4-2;/h3-12H2,1-2H3;. The molecule has 0 aliphatic carbocycles. The molecular formula is C12H26Ag. The molecule has 0 heterocycles. The summed E-state index contributed by atoms with van der Waals surface area (Å²) < 4.78 is 0. The Labute approximate surface area is 100 Å². The Morgan fingerprint density at radius 3 is 0.923 bits per heavy atom. The average Bonchev–Trinajstić information content (AvgIpc) is 2.10. The van der Waals surface area contributed by atoms with Crippen LogP contribution in [0.15, 0.2) is 0 Å². The molecule has 85 valence electrons. The van der Waals surface area contributed by atoms with Crippen molar-refractivity contribution in [2.24, 2.45) is 0 Å². The van der Waals surface area contributed by atoms with Crippen molar-refractivity contribution < 1.29 is 22.4 Å². The zero-order valence-electron chi connectivity index (χ0n) is 9.37. The van der Waals surface area contributed by atoms with Gasteiger partial charge in [-0.05, 0) is 0 Å². The van der Waals surface area contributed by atoms with Gasteiger partial charge in [0.15, 0.2) is 0 Å². The fourth-order valence-electron chi connectivity index (χ4n) is 1.56. The van der Waals surface area contributed by atoms with E-state index in [0.29, 0.717) is 0 Å². The van der Waals surface area contributed by atoms with Crippen LogP contribution in [0.2, 0.25) is 0 Å². The first-order valence-electron chi connectivity index (χ1n) is 5.91. The van der Waals surface area contributed by atoms with Crippen molar-refractivity contribution in [2.75, 3.05) is 0 Å². The summed E-state index contributed by atoms with van der Waals surface area (Å²) in [5.74, 6) is 0. The second-order valence-electron chi connectivity index (χ2n) is 3.83. The van der Waals surface area contributed by atoms with Crippen LogP contribution in [0.25, 0.3) is 0 Å². The molecule has 0 unspecified atom stereocenters. The van der Waals surface area contributed by atoms with E-state index in [1.54, 1.807) is 0 Å². The Bertz CT molecular complexity index is 61.5. The van der Waals surface area contributed by atoms with Crippen LogP contribution >= 0.6 is 0 Å². The van der Waals surface area contributed by atoms with Gasteiger partial charge in [-0.2, -0.15) is 0 Å². The van der Waals surface area contributed by atoms with Gasteiger partial charge in [-0.25, -0.2) is 0 Å². The summed E-state index contributed by atoms with van der Waals surface area (Å²) in [5.41, 5.74) is 0. The normalized spacial score (nSPS) is 9.69. The van der Waals surface area contributed by atoms with Crippen molar-refractivity contribution in [1.82, 2.24) is 0 Å². The minimum atomic E-state index is 0. The molecule has 0 fully saturated rings. The summed E-state index contributed by atoms with van der Waals surface area (Å²) in [6.45, 7) is 4.56. The fourth-order valence-corrected chi connectivity index (χ4v) is 1.56. The van der Waals surface area contributed by atoms with Gasteiger partial charge >= 0.3 is 0 Å². The third kappa shape index (κ3) is 15.5. The Morgan fingerprint density at radius 2 is 0.692 bits per heavy atom. The molecule has 0 rings (SSSR count). The van der Waals surface area contributed by atoms with E-state index in [1.807, 2.05) is 0 Å². The van der Waals surface area contributed by atoms with Crippen LogP contribution in [0, 0.1) is 0 Å². The molecular weight excluding hydrogens is 252 g/mol. The van der Waals surface area contributed by atoms with Gasteiger partial charge in [0.2, 0.25) is 0 Å². The smallest absolute Gasteiger partial charge is 0 e. The van der Waals surface area contributed by atoms with Crippen molar-refractivity contribution in [3.63, 3.8) is 0 Å². The van der Waals surface area contributed by atoms with E-state index in [2.05, 4.69) is 13.8 Å². The second-order valence-corrected chi connectivity index (χ2v) is 3.83. The largest absolute Gasteiger partial charge is 0.0654 e. The minimum absolute atomic E-state index is 0. The second kappa shape index (κ2) is 15.2. The molecule has 0 spiro atoms. The maximum absolute atomic E-state index is 2.28. The number of rotatable bonds is 9. The Morgan fingerprint density at radius 1 is 0.462 bits per heavy atom. The van der Waals surface area contributed by atoms with Crippen molar-refractivity contribution in [2.45, 2.75) is 78.1 Å². The molecule has 0 aliphatic heterocycles. The number of unbranched alkanes of at least 4 members (excludes halogenated alkanes) is 9. The predicted octanol–water partition coefficient (Wildman–Crippen LogP) is 4.92. The van der Waals surface area contributed by atoms with E-state index in [4.69, 9.17) is 0 Å². The van der Waals surface area contributed by atoms with Crippen LogP contribution in [0.4, 0.5) is 0 Å². The van der Waals surface area contributed by atoms with E-state index >= 15 is 0 Å². The van der Waals surface area contributed by atoms with Gasteiger partial charge in [-0.1, -0.05) is 78.1 Å².